The summed E-state index contributed by atoms with van der Waals surface area (Å²) in [5, 5.41) is 3.21. The normalized spacial score (nSPS) is 30.4. The average molecular weight is 237 g/mol. The van der Waals surface area contributed by atoms with Crippen LogP contribution >= 0.6 is 0 Å². The van der Waals surface area contributed by atoms with E-state index in [1.54, 1.807) is 0 Å². The van der Waals surface area contributed by atoms with Crippen molar-refractivity contribution in [3.63, 3.8) is 0 Å². The summed E-state index contributed by atoms with van der Waals surface area (Å²) in [5.41, 5.74) is 0. The van der Waals surface area contributed by atoms with E-state index in [1.165, 1.54) is 51.4 Å². The molecule has 0 radical (unpaired) electrons. The molecule has 98 valence electrons. The van der Waals surface area contributed by atoms with E-state index < -0.39 is 0 Å². The van der Waals surface area contributed by atoms with Gasteiger partial charge in [0.2, 0.25) is 5.91 Å². The molecular formula is C15H27NO. The van der Waals surface area contributed by atoms with Gasteiger partial charge in [-0.15, -0.1) is 0 Å². The topological polar surface area (TPSA) is 29.1 Å². The van der Waals surface area contributed by atoms with E-state index in [-0.39, 0.29) is 0 Å². The second-order valence-corrected chi connectivity index (χ2v) is 6.23. The molecule has 2 aliphatic carbocycles. The van der Waals surface area contributed by atoms with Gasteiger partial charge in [-0.1, -0.05) is 39.0 Å². The minimum atomic E-state index is 0.301. The Morgan fingerprint density at radius 1 is 1.12 bits per heavy atom. The second kappa shape index (κ2) is 6.42. The van der Waals surface area contributed by atoms with Crippen molar-refractivity contribution in [1.29, 1.82) is 0 Å². The molecule has 1 amide bonds. The Bertz CT molecular complexity index is 245. The molecule has 2 aliphatic rings. The molecule has 0 aliphatic heterocycles. The fourth-order valence-electron chi connectivity index (χ4n) is 3.45. The summed E-state index contributed by atoms with van der Waals surface area (Å²) in [5.74, 6) is 1.94. The van der Waals surface area contributed by atoms with Crippen LogP contribution in [0.15, 0.2) is 0 Å². The Balaban J connectivity index is 1.60. The lowest BCUT2D eigenvalue weighted by Crippen LogP contribution is -2.33. The van der Waals surface area contributed by atoms with Crippen LogP contribution in [-0.2, 0) is 4.79 Å². The van der Waals surface area contributed by atoms with Crippen LogP contribution in [0.1, 0.15) is 71.1 Å². The molecular weight excluding hydrogens is 210 g/mol. The smallest absolute Gasteiger partial charge is 0.220 e. The van der Waals surface area contributed by atoms with Gasteiger partial charge in [-0.2, -0.15) is 0 Å². The summed E-state index contributed by atoms with van der Waals surface area (Å²) >= 11 is 0. The van der Waals surface area contributed by atoms with Crippen molar-refractivity contribution in [2.24, 2.45) is 11.8 Å². The summed E-state index contributed by atoms with van der Waals surface area (Å²) in [4.78, 5) is 11.8. The third-order valence-corrected chi connectivity index (χ3v) is 4.56. The van der Waals surface area contributed by atoms with Crippen LogP contribution in [0.2, 0.25) is 0 Å². The van der Waals surface area contributed by atoms with Crippen molar-refractivity contribution in [3.8, 4) is 0 Å². The van der Waals surface area contributed by atoms with Gasteiger partial charge in [0, 0.05) is 12.5 Å². The first kappa shape index (κ1) is 12.9. The van der Waals surface area contributed by atoms with Crippen LogP contribution in [-0.4, -0.2) is 11.9 Å². The molecule has 0 spiro atoms. The maximum absolute atomic E-state index is 11.8. The Hall–Kier alpha value is -0.530. The van der Waals surface area contributed by atoms with Gasteiger partial charge >= 0.3 is 0 Å². The summed E-state index contributed by atoms with van der Waals surface area (Å²) in [7, 11) is 0. The van der Waals surface area contributed by atoms with Crippen LogP contribution in [0.5, 0.6) is 0 Å². The van der Waals surface area contributed by atoms with Crippen LogP contribution in [0.3, 0.4) is 0 Å². The van der Waals surface area contributed by atoms with E-state index in [1.807, 2.05) is 0 Å². The Kier molecular flexibility index (Phi) is 4.87. The second-order valence-electron chi connectivity index (χ2n) is 6.23. The van der Waals surface area contributed by atoms with Crippen molar-refractivity contribution < 1.29 is 4.79 Å². The average Bonchev–Trinajstić information content (AvgIpc) is 2.73. The van der Waals surface area contributed by atoms with Gasteiger partial charge < -0.3 is 5.32 Å². The van der Waals surface area contributed by atoms with Gasteiger partial charge in [0.1, 0.15) is 0 Å². The standard InChI is InChI=1S/C15H27NO/c1-12-7-9-14(11-12)16-15(17)10-8-13-5-3-2-4-6-13/h12-14H,2-11H2,1H3,(H,16,17). The lowest BCUT2D eigenvalue weighted by Gasteiger charge is -2.21. The minimum absolute atomic E-state index is 0.301. The molecule has 0 saturated heterocycles. The zero-order chi connectivity index (χ0) is 12.1. The molecule has 0 aromatic heterocycles. The molecule has 2 unspecified atom stereocenters. The summed E-state index contributed by atoms with van der Waals surface area (Å²) in [6, 6.07) is 0.476. The molecule has 2 heteroatoms. The van der Waals surface area contributed by atoms with E-state index >= 15 is 0 Å². The maximum atomic E-state index is 11.8. The minimum Gasteiger partial charge on any atom is -0.353 e. The fraction of sp³-hybridized carbons (Fsp3) is 0.933. The molecule has 0 heterocycles. The van der Waals surface area contributed by atoms with Crippen LogP contribution in [0.4, 0.5) is 0 Å². The van der Waals surface area contributed by atoms with Gasteiger partial charge in [-0.05, 0) is 37.5 Å². The summed E-state index contributed by atoms with van der Waals surface area (Å²) in [6.07, 6.45) is 12.4. The van der Waals surface area contributed by atoms with Gasteiger partial charge in [0.05, 0.1) is 0 Å². The van der Waals surface area contributed by atoms with E-state index in [4.69, 9.17) is 0 Å². The lowest BCUT2D eigenvalue weighted by atomic mass is 9.86. The molecule has 2 nitrogen and oxygen atoms in total. The Morgan fingerprint density at radius 3 is 2.53 bits per heavy atom. The van der Waals surface area contributed by atoms with Crippen molar-refractivity contribution in [2.75, 3.05) is 0 Å². The fourth-order valence-corrected chi connectivity index (χ4v) is 3.45. The number of amides is 1. The predicted octanol–water partition coefficient (Wildman–Crippen LogP) is 3.65. The molecule has 0 bridgehead atoms. The molecule has 0 aromatic rings. The monoisotopic (exact) mass is 237 g/mol. The highest BCUT2D eigenvalue weighted by atomic mass is 16.1. The van der Waals surface area contributed by atoms with Crippen molar-refractivity contribution >= 4 is 5.91 Å². The first-order valence-corrected chi connectivity index (χ1v) is 7.53. The predicted molar refractivity (Wildman–Crippen MR) is 70.8 cm³/mol. The zero-order valence-corrected chi connectivity index (χ0v) is 11.2. The van der Waals surface area contributed by atoms with Crippen LogP contribution < -0.4 is 5.32 Å². The van der Waals surface area contributed by atoms with Crippen LogP contribution in [0, 0.1) is 11.8 Å². The highest BCUT2D eigenvalue weighted by molar-refractivity contribution is 5.76. The molecule has 1 N–H and O–H groups in total. The summed E-state index contributed by atoms with van der Waals surface area (Å²) in [6.45, 7) is 2.29. The number of hydrogen-bond donors (Lipinski definition) is 1. The third-order valence-electron chi connectivity index (χ3n) is 4.56. The molecule has 17 heavy (non-hydrogen) atoms. The van der Waals surface area contributed by atoms with E-state index in [2.05, 4.69) is 12.2 Å². The Labute approximate surface area is 106 Å². The van der Waals surface area contributed by atoms with E-state index in [9.17, 15) is 4.79 Å². The first-order valence-electron chi connectivity index (χ1n) is 7.53. The van der Waals surface area contributed by atoms with Crippen molar-refractivity contribution in [1.82, 2.24) is 5.32 Å². The zero-order valence-electron chi connectivity index (χ0n) is 11.2. The molecule has 0 aromatic carbocycles. The molecule has 2 atom stereocenters. The van der Waals surface area contributed by atoms with Gasteiger partial charge in [-0.3, -0.25) is 4.79 Å². The largest absolute Gasteiger partial charge is 0.353 e. The highest BCUT2D eigenvalue weighted by Gasteiger charge is 2.23. The van der Waals surface area contributed by atoms with Gasteiger partial charge in [-0.25, -0.2) is 0 Å². The van der Waals surface area contributed by atoms with Gasteiger partial charge in [0.15, 0.2) is 0 Å². The lowest BCUT2D eigenvalue weighted by molar-refractivity contribution is -0.122. The maximum Gasteiger partial charge on any atom is 0.220 e. The van der Waals surface area contributed by atoms with Crippen molar-refractivity contribution in [3.05, 3.63) is 0 Å². The van der Waals surface area contributed by atoms with E-state index in [0.29, 0.717) is 11.9 Å². The van der Waals surface area contributed by atoms with Crippen molar-refractivity contribution in [2.45, 2.75) is 77.2 Å². The third kappa shape index (κ3) is 4.33. The number of carbonyl (C=O) groups excluding carboxylic acids is 1. The first-order chi connectivity index (χ1) is 8.24. The number of carbonyl (C=O) groups is 1. The summed E-state index contributed by atoms with van der Waals surface area (Å²) < 4.78 is 0. The van der Waals surface area contributed by atoms with Crippen LogP contribution in [0.25, 0.3) is 0 Å². The molecule has 2 saturated carbocycles. The number of rotatable bonds is 4. The number of nitrogens with one attached hydrogen (secondary N) is 1. The molecule has 2 fully saturated rings. The number of hydrogen-bond acceptors (Lipinski definition) is 1. The molecule has 2 rings (SSSR count). The quantitative estimate of drug-likeness (QED) is 0.794. The SMILES string of the molecule is CC1CCC(NC(=O)CCC2CCCCC2)C1. The Morgan fingerprint density at radius 2 is 1.88 bits per heavy atom. The van der Waals surface area contributed by atoms with Gasteiger partial charge in [0.25, 0.3) is 0 Å². The highest BCUT2D eigenvalue weighted by Crippen LogP contribution is 2.28. The van der Waals surface area contributed by atoms with E-state index in [0.717, 1.165) is 24.7 Å².